The van der Waals surface area contributed by atoms with E-state index in [4.69, 9.17) is 22.1 Å². The number of hydrogen-bond acceptors (Lipinski definition) is 4. The molecule has 110 valence electrons. The lowest BCUT2D eigenvalue weighted by Gasteiger charge is -2.12. The molecule has 1 aromatic rings. The zero-order chi connectivity index (χ0) is 15.1. The molecule has 0 radical (unpaired) electrons. The normalized spacial score (nSPS) is 11.8. The van der Waals surface area contributed by atoms with Gasteiger partial charge in [0.25, 0.3) is 5.91 Å². The lowest BCUT2D eigenvalue weighted by Crippen LogP contribution is -2.41. The summed E-state index contributed by atoms with van der Waals surface area (Å²) in [7, 11) is 0. The summed E-state index contributed by atoms with van der Waals surface area (Å²) >= 11 is 4.97. The van der Waals surface area contributed by atoms with Gasteiger partial charge in [0.05, 0.1) is 12.2 Å². The predicted octanol–water partition coefficient (Wildman–Crippen LogP) is 1.46. The van der Waals surface area contributed by atoms with Crippen molar-refractivity contribution in [1.82, 2.24) is 10.6 Å². The Hall–Kier alpha value is -1.66. The molecular weight excluding hydrogens is 276 g/mol. The molecule has 0 saturated heterocycles. The van der Waals surface area contributed by atoms with E-state index in [1.165, 1.54) is 0 Å². The fourth-order valence-electron chi connectivity index (χ4n) is 1.44. The molecule has 1 rings (SSSR count). The number of hydrogen-bond donors (Lipinski definition) is 3. The number of nitrogens with one attached hydrogen (secondary N) is 2. The Bertz CT molecular complexity index is 475. The molecule has 3 N–H and O–H groups in total. The Kier molecular flexibility index (Phi) is 6.41. The maximum Gasteiger partial charge on any atom is 0.257 e. The van der Waals surface area contributed by atoms with Crippen molar-refractivity contribution < 1.29 is 14.6 Å². The van der Waals surface area contributed by atoms with Gasteiger partial charge in [-0.25, -0.2) is 0 Å². The Morgan fingerprint density at radius 2 is 2.10 bits per heavy atom. The van der Waals surface area contributed by atoms with E-state index >= 15 is 0 Å². The topological polar surface area (TPSA) is 70.6 Å². The zero-order valence-electron chi connectivity index (χ0n) is 11.8. The minimum Gasteiger partial charge on any atom is -0.491 e. The van der Waals surface area contributed by atoms with Gasteiger partial charge in [-0.15, -0.1) is 0 Å². The first-order valence-corrected chi connectivity index (χ1v) is 6.83. The van der Waals surface area contributed by atoms with Crippen molar-refractivity contribution in [1.29, 1.82) is 0 Å². The average Bonchev–Trinajstić information content (AvgIpc) is 2.36. The van der Waals surface area contributed by atoms with Crippen molar-refractivity contribution in [2.75, 3.05) is 6.54 Å². The van der Waals surface area contributed by atoms with Crippen LogP contribution < -0.4 is 15.4 Å². The summed E-state index contributed by atoms with van der Waals surface area (Å²) in [6.07, 6.45) is -0.491. The van der Waals surface area contributed by atoms with Crippen LogP contribution in [0.1, 0.15) is 31.1 Å². The van der Waals surface area contributed by atoms with Gasteiger partial charge in [-0.1, -0.05) is 6.07 Å². The smallest absolute Gasteiger partial charge is 0.257 e. The Balaban J connectivity index is 2.61. The highest BCUT2D eigenvalue weighted by atomic mass is 32.1. The molecule has 1 amide bonds. The summed E-state index contributed by atoms with van der Waals surface area (Å²) < 4.78 is 5.53. The number of aliphatic hydroxyl groups excluding tert-OH is 1. The molecule has 0 bridgehead atoms. The fraction of sp³-hybridized carbons (Fsp3) is 0.429. The highest BCUT2D eigenvalue weighted by molar-refractivity contribution is 7.80. The molecule has 0 heterocycles. The summed E-state index contributed by atoms with van der Waals surface area (Å²) in [5.74, 6) is 0.317. The van der Waals surface area contributed by atoms with E-state index in [1.54, 1.807) is 31.2 Å². The quantitative estimate of drug-likeness (QED) is 0.718. The van der Waals surface area contributed by atoms with Crippen molar-refractivity contribution >= 4 is 23.2 Å². The average molecular weight is 296 g/mol. The molecule has 0 spiro atoms. The highest BCUT2D eigenvalue weighted by Crippen LogP contribution is 2.14. The van der Waals surface area contributed by atoms with Gasteiger partial charge in [0, 0.05) is 12.1 Å². The van der Waals surface area contributed by atoms with Crippen LogP contribution >= 0.6 is 12.2 Å². The second-order valence-electron chi connectivity index (χ2n) is 4.71. The van der Waals surface area contributed by atoms with Gasteiger partial charge in [-0.3, -0.25) is 10.1 Å². The van der Waals surface area contributed by atoms with Crippen LogP contribution in [0.15, 0.2) is 24.3 Å². The first-order valence-electron chi connectivity index (χ1n) is 6.42. The number of ether oxygens (including phenoxy) is 1. The zero-order valence-corrected chi connectivity index (χ0v) is 12.7. The van der Waals surface area contributed by atoms with Crippen molar-refractivity contribution in [2.24, 2.45) is 0 Å². The third kappa shape index (κ3) is 5.99. The van der Waals surface area contributed by atoms with E-state index in [-0.39, 0.29) is 23.7 Å². The molecule has 0 aromatic heterocycles. The number of carbonyl (C=O) groups is 1. The fourth-order valence-corrected chi connectivity index (χ4v) is 1.62. The Labute approximate surface area is 124 Å². The third-order valence-electron chi connectivity index (χ3n) is 2.25. The molecule has 1 unspecified atom stereocenters. The monoisotopic (exact) mass is 296 g/mol. The minimum atomic E-state index is -0.535. The number of rotatable bonds is 5. The molecule has 0 aliphatic heterocycles. The molecule has 6 heteroatoms. The largest absolute Gasteiger partial charge is 0.491 e. The number of amides is 1. The van der Waals surface area contributed by atoms with Crippen molar-refractivity contribution in [3.63, 3.8) is 0 Å². The summed E-state index contributed by atoms with van der Waals surface area (Å²) in [6.45, 7) is 5.75. The Morgan fingerprint density at radius 3 is 2.70 bits per heavy atom. The molecule has 20 heavy (non-hydrogen) atoms. The van der Waals surface area contributed by atoms with E-state index in [0.717, 1.165) is 0 Å². The van der Waals surface area contributed by atoms with Gasteiger partial charge in [-0.05, 0) is 51.2 Å². The lowest BCUT2D eigenvalue weighted by molar-refractivity contribution is 0.0975. The van der Waals surface area contributed by atoms with Gasteiger partial charge in [0.15, 0.2) is 5.11 Å². The summed E-state index contributed by atoms with van der Waals surface area (Å²) in [6, 6.07) is 6.88. The first-order chi connectivity index (χ1) is 9.38. The molecule has 0 aliphatic carbocycles. The van der Waals surface area contributed by atoms with E-state index in [9.17, 15) is 4.79 Å². The van der Waals surface area contributed by atoms with Gasteiger partial charge in [0.2, 0.25) is 0 Å². The standard InChI is InChI=1S/C14H20N2O3S/c1-9(2)19-12-6-4-5-11(7-12)13(18)16-14(20)15-8-10(3)17/h4-7,9-10,17H,8H2,1-3H3,(H2,15,16,18,20). The number of benzene rings is 1. The van der Waals surface area contributed by atoms with Gasteiger partial charge in [0.1, 0.15) is 5.75 Å². The molecule has 1 aromatic carbocycles. The van der Waals surface area contributed by atoms with Crippen LogP contribution in [0.25, 0.3) is 0 Å². The maximum atomic E-state index is 12.0. The maximum absolute atomic E-state index is 12.0. The van der Waals surface area contributed by atoms with Crippen LogP contribution in [0, 0.1) is 0 Å². The van der Waals surface area contributed by atoms with Crippen LogP contribution in [-0.4, -0.2) is 34.9 Å². The predicted molar refractivity (Wildman–Crippen MR) is 82.0 cm³/mol. The van der Waals surface area contributed by atoms with E-state index in [0.29, 0.717) is 11.3 Å². The van der Waals surface area contributed by atoms with Gasteiger partial charge < -0.3 is 15.2 Å². The molecule has 0 fully saturated rings. The van der Waals surface area contributed by atoms with Crippen molar-refractivity contribution in [2.45, 2.75) is 33.0 Å². The SMILES string of the molecule is CC(O)CNC(=S)NC(=O)c1cccc(OC(C)C)c1. The van der Waals surface area contributed by atoms with Crippen LogP contribution in [0.4, 0.5) is 0 Å². The second kappa shape index (κ2) is 7.81. The van der Waals surface area contributed by atoms with Crippen molar-refractivity contribution in [3.05, 3.63) is 29.8 Å². The summed E-state index contributed by atoms with van der Waals surface area (Å²) in [5.41, 5.74) is 0.462. The van der Waals surface area contributed by atoms with Gasteiger partial charge in [-0.2, -0.15) is 0 Å². The Morgan fingerprint density at radius 1 is 1.40 bits per heavy atom. The summed E-state index contributed by atoms with van der Waals surface area (Å²) in [5, 5.41) is 14.6. The van der Waals surface area contributed by atoms with Crippen LogP contribution in [0.5, 0.6) is 5.75 Å². The molecule has 1 atom stereocenters. The molecule has 0 aliphatic rings. The number of aliphatic hydroxyl groups is 1. The summed E-state index contributed by atoms with van der Waals surface area (Å²) in [4.78, 5) is 12.0. The lowest BCUT2D eigenvalue weighted by atomic mass is 10.2. The van der Waals surface area contributed by atoms with E-state index in [2.05, 4.69) is 10.6 Å². The van der Waals surface area contributed by atoms with E-state index in [1.807, 2.05) is 13.8 Å². The minimum absolute atomic E-state index is 0.0436. The van der Waals surface area contributed by atoms with Crippen LogP contribution in [0.3, 0.4) is 0 Å². The molecular formula is C14H20N2O3S. The van der Waals surface area contributed by atoms with E-state index < -0.39 is 6.10 Å². The van der Waals surface area contributed by atoms with Crippen LogP contribution in [0.2, 0.25) is 0 Å². The first kappa shape index (κ1) is 16.4. The third-order valence-corrected chi connectivity index (χ3v) is 2.50. The molecule has 5 nitrogen and oxygen atoms in total. The highest BCUT2D eigenvalue weighted by Gasteiger charge is 2.09. The second-order valence-corrected chi connectivity index (χ2v) is 5.12. The number of carbonyl (C=O) groups excluding carboxylic acids is 1. The van der Waals surface area contributed by atoms with Crippen LogP contribution in [-0.2, 0) is 0 Å². The number of thiocarbonyl (C=S) groups is 1. The van der Waals surface area contributed by atoms with Crippen molar-refractivity contribution in [3.8, 4) is 5.75 Å². The van der Waals surface area contributed by atoms with Gasteiger partial charge >= 0.3 is 0 Å². The molecule has 0 saturated carbocycles.